The second kappa shape index (κ2) is 10.8. The normalized spacial score (nSPS) is 23.4. The van der Waals surface area contributed by atoms with Crippen LogP contribution < -0.4 is 10.5 Å². The van der Waals surface area contributed by atoms with Crippen molar-refractivity contribution in [3.8, 4) is 28.6 Å². The lowest BCUT2D eigenvalue weighted by Gasteiger charge is -2.40. The molecular formula is C24H26F4N6O5S. The Kier molecular flexibility index (Phi) is 7.08. The number of benzene rings is 1. The maximum atomic E-state index is 15.1. The Bertz CT molecular complexity index is 1670. The van der Waals surface area contributed by atoms with E-state index in [1.807, 2.05) is 0 Å². The number of rotatable bonds is 4. The molecule has 0 amide bonds. The zero-order valence-electron chi connectivity index (χ0n) is 24.5. The van der Waals surface area contributed by atoms with Crippen molar-refractivity contribution in [1.82, 2.24) is 15.1 Å². The van der Waals surface area contributed by atoms with E-state index in [1.165, 1.54) is 51.6 Å². The quantitative estimate of drug-likeness (QED) is 0.427. The average Bonchev–Trinajstić information content (AvgIpc) is 3.37. The highest BCUT2D eigenvalue weighted by molar-refractivity contribution is 7.95. The van der Waals surface area contributed by atoms with Crippen LogP contribution >= 0.6 is 0 Å². The number of aliphatic carboxylic acids is 1. The molecule has 0 fully saturated rings. The van der Waals surface area contributed by atoms with E-state index < -0.39 is 45.0 Å². The first kappa shape index (κ1) is 26.2. The minimum atomic E-state index is -5.08. The maximum Gasteiger partial charge on any atom is 0.490 e. The Morgan fingerprint density at radius 2 is 1.90 bits per heavy atom. The molecule has 1 unspecified atom stereocenters. The topological polar surface area (TPSA) is 166 Å². The van der Waals surface area contributed by atoms with Gasteiger partial charge in [0.2, 0.25) is 5.88 Å². The third-order valence-electron chi connectivity index (χ3n) is 6.09. The molecule has 1 aromatic carbocycles. The number of carboxylic acid groups (broad SMARTS) is 1. The number of amidine groups is 1. The SMILES string of the molecule is O=C(O)C(F)(F)F.[2H]C([2H])([2H])N=S1(=O)C[C@@](C)(c2cc(-c3cc(-c4cnc(OC)cn4)no3)ccc2F)N=C(N)C1(C)C. The summed E-state index contributed by atoms with van der Waals surface area (Å²) in [5.41, 5.74) is 6.08. The van der Waals surface area contributed by atoms with E-state index in [0.29, 0.717) is 28.6 Å². The van der Waals surface area contributed by atoms with Crippen LogP contribution in [0, 0.1) is 5.82 Å². The molecule has 3 aromatic rings. The number of halogens is 4. The van der Waals surface area contributed by atoms with Crippen LogP contribution in [0.2, 0.25) is 0 Å². The average molecular weight is 590 g/mol. The number of alkyl halides is 3. The van der Waals surface area contributed by atoms with Gasteiger partial charge in [0.1, 0.15) is 33.3 Å². The van der Waals surface area contributed by atoms with E-state index in [4.69, 9.17) is 29.0 Å². The number of nitrogens with zero attached hydrogens (tertiary/aromatic N) is 5. The molecule has 2 aromatic heterocycles. The first-order chi connectivity index (χ1) is 19.6. The van der Waals surface area contributed by atoms with Crippen molar-refractivity contribution in [2.45, 2.75) is 37.2 Å². The highest BCUT2D eigenvalue weighted by Crippen LogP contribution is 2.40. The van der Waals surface area contributed by atoms with Crippen LogP contribution in [0.4, 0.5) is 17.6 Å². The van der Waals surface area contributed by atoms with Crippen molar-refractivity contribution < 1.29 is 45.0 Å². The van der Waals surface area contributed by atoms with E-state index in [9.17, 15) is 17.4 Å². The summed E-state index contributed by atoms with van der Waals surface area (Å²) in [6.45, 7) is 1.76. The van der Waals surface area contributed by atoms with Gasteiger partial charge in [-0.15, -0.1) is 0 Å². The summed E-state index contributed by atoms with van der Waals surface area (Å²) in [6, 6.07) is 5.82. The summed E-state index contributed by atoms with van der Waals surface area (Å²) in [4.78, 5) is 21.7. The van der Waals surface area contributed by atoms with Gasteiger partial charge in [0.05, 0.1) is 35.0 Å². The smallest absolute Gasteiger partial charge is 0.480 e. The van der Waals surface area contributed by atoms with Crippen molar-refractivity contribution in [2.24, 2.45) is 15.1 Å². The van der Waals surface area contributed by atoms with E-state index in [1.54, 1.807) is 13.0 Å². The number of aliphatic imine (C=N–C) groups is 1. The second-order valence-electron chi connectivity index (χ2n) is 9.18. The number of nitrogens with two attached hydrogens (primary N) is 1. The van der Waals surface area contributed by atoms with E-state index >= 15 is 4.39 Å². The number of hydrogen-bond acceptors (Lipinski definition) is 10. The maximum absolute atomic E-state index is 15.1. The minimum Gasteiger partial charge on any atom is -0.480 e. The van der Waals surface area contributed by atoms with Crippen LogP contribution in [0.1, 0.15) is 30.4 Å². The van der Waals surface area contributed by atoms with Gasteiger partial charge in [0.25, 0.3) is 0 Å². The largest absolute Gasteiger partial charge is 0.490 e. The zero-order valence-corrected chi connectivity index (χ0v) is 22.3. The molecule has 0 spiro atoms. The number of ether oxygens (including phenoxy) is 1. The molecule has 11 nitrogen and oxygen atoms in total. The van der Waals surface area contributed by atoms with Gasteiger partial charge in [0.15, 0.2) is 5.76 Å². The lowest BCUT2D eigenvalue weighted by atomic mass is 9.91. The fraction of sp³-hybridized carbons (Fsp3) is 0.375. The van der Waals surface area contributed by atoms with Gasteiger partial charge in [0, 0.05) is 28.3 Å². The van der Waals surface area contributed by atoms with Crippen LogP contribution in [0.15, 0.2) is 50.5 Å². The van der Waals surface area contributed by atoms with Gasteiger partial charge < -0.3 is 20.1 Å². The van der Waals surface area contributed by atoms with E-state index in [2.05, 4.69) is 24.5 Å². The van der Waals surface area contributed by atoms with Crippen molar-refractivity contribution in [3.05, 3.63) is 48.0 Å². The van der Waals surface area contributed by atoms with E-state index in [0.717, 1.165) is 0 Å². The number of aromatic nitrogens is 3. The molecule has 0 bridgehead atoms. The fourth-order valence-corrected chi connectivity index (χ4v) is 5.63. The number of methoxy groups -OCH3 is 1. The Morgan fingerprint density at radius 1 is 1.23 bits per heavy atom. The van der Waals surface area contributed by atoms with Crippen LogP contribution in [0.5, 0.6) is 5.88 Å². The highest BCUT2D eigenvalue weighted by atomic mass is 32.2. The molecule has 4 rings (SSSR count). The van der Waals surface area contributed by atoms with Crippen molar-refractivity contribution in [1.29, 1.82) is 0 Å². The summed E-state index contributed by atoms with van der Waals surface area (Å²) in [5.74, 6) is -3.14. The van der Waals surface area contributed by atoms with Crippen LogP contribution in [0.3, 0.4) is 0 Å². The van der Waals surface area contributed by atoms with E-state index in [-0.39, 0.29) is 17.2 Å². The lowest BCUT2D eigenvalue weighted by Crippen LogP contribution is -2.54. The molecule has 0 radical (unpaired) electrons. The molecule has 0 saturated heterocycles. The summed E-state index contributed by atoms with van der Waals surface area (Å²) >= 11 is 0. The summed E-state index contributed by atoms with van der Waals surface area (Å²) < 4.78 is 96.2. The molecule has 0 aliphatic carbocycles. The van der Waals surface area contributed by atoms with Gasteiger partial charge >= 0.3 is 12.1 Å². The molecule has 2 atom stereocenters. The van der Waals surface area contributed by atoms with Gasteiger partial charge in [-0.05, 0) is 39.0 Å². The Balaban J connectivity index is 0.000000646. The van der Waals surface area contributed by atoms with Gasteiger partial charge in [-0.3, -0.25) is 4.99 Å². The first-order valence-corrected chi connectivity index (χ1v) is 12.9. The van der Waals surface area contributed by atoms with Crippen LogP contribution in [0.25, 0.3) is 22.7 Å². The standard InChI is InChI=1S/C22H25FN6O3S.C2HF3O2/c1-21(2)20(24)28-22(3,12-33(21,30)25-4)14-8-13(6-7-15(14)23)18-9-16(29-32-18)17-10-27-19(31-5)11-26-17;3-2(4,5)1(6)7/h6-11H,12H2,1-5H3,(H2,24,28);(H,6,7)/t22-,33?;/m0./s1/i4D3;. The molecule has 3 heterocycles. The molecule has 216 valence electrons. The monoisotopic (exact) mass is 589 g/mol. The van der Waals surface area contributed by atoms with Crippen LogP contribution in [-0.4, -0.2) is 67.0 Å². The number of carbonyl (C=O) groups is 1. The minimum absolute atomic E-state index is 0.0640. The van der Waals surface area contributed by atoms with Gasteiger partial charge in [-0.25, -0.2) is 27.7 Å². The Morgan fingerprint density at radius 3 is 2.45 bits per heavy atom. The molecule has 1 aliphatic heterocycles. The van der Waals surface area contributed by atoms with Crippen molar-refractivity contribution >= 4 is 21.5 Å². The molecule has 16 heteroatoms. The third-order valence-corrected chi connectivity index (χ3v) is 9.14. The molecule has 0 saturated carbocycles. The van der Waals surface area contributed by atoms with Gasteiger partial charge in [-0.2, -0.15) is 13.2 Å². The van der Waals surface area contributed by atoms with Gasteiger partial charge in [-0.1, -0.05) is 5.16 Å². The molecular weight excluding hydrogens is 560 g/mol. The Labute approximate surface area is 230 Å². The fourth-order valence-electron chi connectivity index (χ4n) is 3.62. The molecule has 1 aliphatic rings. The predicted molar refractivity (Wildman–Crippen MR) is 138 cm³/mol. The second-order valence-corrected chi connectivity index (χ2v) is 11.9. The Hall–Kier alpha value is -4.08. The van der Waals surface area contributed by atoms with Crippen molar-refractivity contribution in [3.63, 3.8) is 0 Å². The first-order valence-electron chi connectivity index (χ1n) is 12.7. The molecule has 40 heavy (non-hydrogen) atoms. The third kappa shape index (κ3) is 5.90. The lowest BCUT2D eigenvalue weighted by molar-refractivity contribution is -0.192. The zero-order chi connectivity index (χ0) is 32.6. The highest BCUT2D eigenvalue weighted by Gasteiger charge is 2.47. The van der Waals surface area contributed by atoms with Crippen molar-refractivity contribution in [2.75, 3.05) is 19.8 Å². The number of carboxylic acids is 1. The predicted octanol–water partition coefficient (Wildman–Crippen LogP) is 4.04. The summed E-state index contributed by atoms with van der Waals surface area (Å²) in [7, 11) is -2.01. The summed E-state index contributed by atoms with van der Waals surface area (Å²) in [6.07, 6.45) is -2.17. The summed E-state index contributed by atoms with van der Waals surface area (Å²) in [5, 5.41) is 11.1. The van der Waals surface area contributed by atoms with Crippen LogP contribution in [-0.2, 0) is 20.1 Å². The molecule has 3 N–H and O–H groups in total. The number of hydrogen-bond donors (Lipinski definition) is 2.